The fourth-order valence-corrected chi connectivity index (χ4v) is 3.08. The highest BCUT2D eigenvalue weighted by Crippen LogP contribution is 2.16. The monoisotopic (exact) mass is 318 g/mol. The molecule has 3 nitrogen and oxygen atoms in total. The molecule has 1 atom stereocenters. The van der Waals surface area contributed by atoms with E-state index in [0.717, 1.165) is 23.4 Å². The molecule has 0 bridgehead atoms. The molecule has 0 N–H and O–H groups in total. The van der Waals surface area contributed by atoms with Crippen molar-refractivity contribution in [2.24, 2.45) is 0 Å². The van der Waals surface area contributed by atoms with Gasteiger partial charge in [-0.25, -0.2) is 13.5 Å². The minimum atomic E-state index is -1.46. The van der Waals surface area contributed by atoms with Crippen molar-refractivity contribution in [3.63, 3.8) is 0 Å². The average Bonchev–Trinajstić information content (AvgIpc) is 2.99. The molecule has 0 radical (unpaired) electrons. The normalized spacial score (nSPS) is 12.3. The van der Waals surface area contributed by atoms with Crippen LogP contribution in [-0.4, -0.2) is 14.0 Å². The van der Waals surface area contributed by atoms with Crippen molar-refractivity contribution in [3.8, 4) is 5.69 Å². The Kier molecular flexibility index (Phi) is 4.11. The maximum atomic E-state index is 13.2. The summed E-state index contributed by atoms with van der Waals surface area (Å²) in [4.78, 5) is 0.256. The van der Waals surface area contributed by atoms with Crippen LogP contribution in [0.15, 0.2) is 65.8 Å². The molecule has 2 aromatic carbocycles. The van der Waals surface area contributed by atoms with Gasteiger partial charge in [0.2, 0.25) is 0 Å². The van der Waals surface area contributed by atoms with Crippen LogP contribution in [0.5, 0.6) is 0 Å². The van der Waals surface area contributed by atoms with Crippen molar-refractivity contribution in [2.75, 3.05) is 0 Å². The second-order valence-corrected chi connectivity index (χ2v) is 6.15. The molecule has 3 aromatic rings. The van der Waals surface area contributed by atoms with Gasteiger partial charge in [0.25, 0.3) is 0 Å². The molecule has 0 aliphatic carbocycles. The van der Waals surface area contributed by atoms with E-state index in [1.807, 2.05) is 30.3 Å². The fourth-order valence-electron chi connectivity index (χ4n) is 2.01. The molecule has 22 heavy (non-hydrogen) atoms. The first kappa shape index (κ1) is 14.6. The Hall–Kier alpha value is -2.34. The summed E-state index contributed by atoms with van der Waals surface area (Å²) in [5.41, 5.74) is 1.65. The second kappa shape index (κ2) is 6.19. The van der Waals surface area contributed by atoms with E-state index >= 15 is 0 Å². The quantitative estimate of drug-likeness (QED) is 0.738. The van der Waals surface area contributed by atoms with E-state index in [-0.39, 0.29) is 10.6 Å². The van der Waals surface area contributed by atoms with E-state index in [2.05, 4.69) is 5.10 Å². The van der Waals surface area contributed by atoms with Gasteiger partial charge >= 0.3 is 0 Å². The molecular formula is C16H12F2N2OS. The third kappa shape index (κ3) is 3.12. The Morgan fingerprint density at radius 2 is 1.82 bits per heavy atom. The van der Waals surface area contributed by atoms with Gasteiger partial charge in [0, 0.05) is 16.7 Å². The first-order chi connectivity index (χ1) is 10.6. The SMILES string of the molecule is O=[S@@](Cc1cnn(-c2ccccc2)c1)c1ccc(F)c(F)c1. The van der Waals surface area contributed by atoms with Crippen molar-refractivity contribution < 1.29 is 13.0 Å². The molecule has 3 rings (SSSR count). The summed E-state index contributed by atoms with van der Waals surface area (Å²) in [5.74, 6) is -1.75. The zero-order chi connectivity index (χ0) is 15.5. The van der Waals surface area contributed by atoms with Crippen molar-refractivity contribution in [3.05, 3.63) is 78.1 Å². The number of aromatic nitrogens is 2. The van der Waals surface area contributed by atoms with Gasteiger partial charge in [-0.2, -0.15) is 5.10 Å². The highest BCUT2D eigenvalue weighted by Gasteiger charge is 2.10. The van der Waals surface area contributed by atoms with Crippen LogP contribution < -0.4 is 0 Å². The summed E-state index contributed by atoms with van der Waals surface area (Å²) in [6.45, 7) is 0. The lowest BCUT2D eigenvalue weighted by Gasteiger charge is -2.02. The van der Waals surface area contributed by atoms with Gasteiger partial charge in [-0.3, -0.25) is 4.21 Å². The third-order valence-electron chi connectivity index (χ3n) is 3.11. The van der Waals surface area contributed by atoms with Gasteiger partial charge in [-0.05, 0) is 30.3 Å². The van der Waals surface area contributed by atoms with Crippen molar-refractivity contribution in [1.82, 2.24) is 9.78 Å². The van der Waals surface area contributed by atoms with E-state index in [9.17, 15) is 13.0 Å². The van der Waals surface area contributed by atoms with Gasteiger partial charge in [0.1, 0.15) is 0 Å². The van der Waals surface area contributed by atoms with Gasteiger partial charge in [-0.1, -0.05) is 18.2 Å². The van der Waals surface area contributed by atoms with Gasteiger partial charge in [0.15, 0.2) is 11.6 Å². The van der Waals surface area contributed by atoms with E-state index in [4.69, 9.17) is 0 Å². The highest BCUT2D eigenvalue weighted by molar-refractivity contribution is 7.84. The lowest BCUT2D eigenvalue weighted by Crippen LogP contribution is -1.98. The average molecular weight is 318 g/mol. The van der Waals surface area contributed by atoms with Crippen LogP contribution >= 0.6 is 0 Å². The number of hydrogen-bond acceptors (Lipinski definition) is 2. The lowest BCUT2D eigenvalue weighted by atomic mass is 10.3. The Morgan fingerprint density at radius 1 is 1.05 bits per heavy atom. The maximum Gasteiger partial charge on any atom is 0.160 e. The fraction of sp³-hybridized carbons (Fsp3) is 0.0625. The summed E-state index contributed by atoms with van der Waals surface area (Å²) in [6.07, 6.45) is 3.39. The van der Waals surface area contributed by atoms with E-state index in [1.54, 1.807) is 17.1 Å². The molecule has 0 spiro atoms. The molecule has 0 aliphatic heterocycles. The molecule has 0 aliphatic rings. The molecule has 1 aromatic heterocycles. The number of para-hydroxylation sites is 1. The van der Waals surface area contributed by atoms with Gasteiger partial charge in [0.05, 0.1) is 28.4 Å². The topological polar surface area (TPSA) is 34.9 Å². The van der Waals surface area contributed by atoms with Crippen molar-refractivity contribution in [1.29, 1.82) is 0 Å². The van der Waals surface area contributed by atoms with Crippen LogP contribution in [-0.2, 0) is 16.6 Å². The van der Waals surface area contributed by atoms with Crippen LogP contribution in [0.3, 0.4) is 0 Å². The standard InChI is InChI=1S/C16H12F2N2OS/c17-15-7-6-14(8-16(15)18)22(21)11-12-9-19-20(10-12)13-4-2-1-3-5-13/h1-10H,11H2/t22-/m0/s1. The van der Waals surface area contributed by atoms with Gasteiger partial charge in [-0.15, -0.1) is 0 Å². The van der Waals surface area contributed by atoms with Crippen LogP contribution in [0.4, 0.5) is 8.78 Å². The molecule has 112 valence electrons. The first-order valence-corrected chi connectivity index (χ1v) is 7.88. The van der Waals surface area contributed by atoms with E-state index in [1.165, 1.54) is 6.07 Å². The highest BCUT2D eigenvalue weighted by atomic mass is 32.2. The zero-order valence-corrected chi connectivity index (χ0v) is 12.3. The Morgan fingerprint density at radius 3 is 2.55 bits per heavy atom. The summed E-state index contributed by atoms with van der Waals surface area (Å²) in [7, 11) is -1.46. The third-order valence-corrected chi connectivity index (χ3v) is 4.48. The zero-order valence-electron chi connectivity index (χ0n) is 11.4. The Labute approximate surface area is 128 Å². The summed E-state index contributed by atoms with van der Waals surface area (Å²) >= 11 is 0. The van der Waals surface area contributed by atoms with Crippen LogP contribution in [0.1, 0.15) is 5.56 Å². The number of nitrogens with zero attached hydrogens (tertiary/aromatic N) is 2. The Bertz CT molecular complexity index is 818. The minimum absolute atomic E-state index is 0.192. The number of hydrogen-bond donors (Lipinski definition) is 0. The molecular weight excluding hydrogens is 306 g/mol. The van der Waals surface area contributed by atoms with Crippen LogP contribution in [0.2, 0.25) is 0 Å². The van der Waals surface area contributed by atoms with Crippen LogP contribution in [0, 0.1) is 11.6 Å². The van der Waals surface area contributed by atoms with Gasteiger partial charge < -0.3 is 0 Å². The smallest absolute Gasteiger partial charge is 0.160 e. The predicted molar refractivity (Wildman–Crippen MR) is 80.0 cm³/mol. The molecule has 0 amide bonds. The molecule has 6 heteroatoms. The molecule has 0 fully saturated rings. The molecule has 1 heterocycles. The van der Waals surface area contributed by atoms with E-state index in [0.29, 0.717) is 0 Å². The van der Waals surface area contributed by atoms with Crippen LogP contribution in [0.25, 0.3) is 5.69 Å². The molecule has 0 saturated heterocycles. The minimum Gasteiger partial charge on any atom is -0.254 e. The molecule has 0 saturated carbocycles. The number of benzene rings is 2. The van der Waals surface area contributed by atoms with Crippen molar-refractivity contribution in [2.45, 2.75) is 10.6 Å². The predicted octanol–water partition coefficient (Wildman–Crippen LogP) is 3.46. The molecule has 0 unspecified atom stereocenters. The number of halogens is 2. The largest absolute Gasteiger partial charge is 0.254 e. The lowest BCUT2D eigenvalue weighted by molar-refractivity contribution is 0.505. The number of rotatable bonds is 4. The summed E-state index contributed by atoms with van der Waals surface area (Å²) in [6, 6.07) is 12.8. The Balaban J connectivity index is 1.77. The summed E-state index contributed by atoms with van der Waals surface area (Å²) in [5, 5.41) is 4.21. The van der Waals surface area contributed by atoms with Crippen molar-refractivity contribution >= 4 is 10.8 Å². The maximum absolute atomic E-state index is 13.2. The summed E-state index contributed by atoms with van der Waals surface area (Å²) < 4.78 is 40.0. The first-order valence-electron chi connectivity index (χ1n) is 6.56. The second-order valence-electron chi connectivity index (χ2n) is 4.69. The van der Waals surface area contributed by atoms with E-state index < -0.39 is 22.4 Å².